The minimum Gasteiger partial charge on any atom is -0.300 e. The smallest absolute Gasteiger partial charge is 0.0235 e. The Morgan fingerprint density at radius 3 is 2.27 bits per heavy atom. The van der Waals surface area contributed by atoms with Crippen molar-refractivity contribution < 1.29 is 0 Å². The molecule has 0 saturated heterocycles. The van der Waals surface area contributed by atoms with Crippen molar-refractivity contribution in [1.29, 1.82) is 0 Å². The van der Waals surface area contributed by atoms with Gasteiger partial charge in [0.15, 0.2) is 0 Å². The Morgan fingerprint density at radius 1 is 1.00 bits per heavy atom. The highest BCUT2D eigenvalue weighted by molar-refractivity contribution is 6.17. The zero-order valence-corrected chi connectivity index (χ0v) is 10.5. The average Bonchev–Trinajstić information content (AvgIpc) is 2.64. The van der Waals surface area contributed by atoms with Crippen LogP contribution in [0.25, 0.3) is 0 Å². The van der Waals surface area contributed by atoms with Crippen LogP contribution in [0.3, 0.4) is 0 Å². The molecular weight excluding hydrogens is 206 g/mol. The Hall–Kier alpha value is 0.250. The maximum absolute atomic E-state index is 5.80. The van der Waals surface area contributed by atoms with Crippen molar-refractivity contribution in [2.24, 2.45) is 5.92 Å². The van der Waals surface area contributed by atoms with Gasteiger partial charge in [-0.3, -0.25) is 0 Å². The van der Waals surface area contributed by atoms with Gasteiger partial charge in [0.25, 0.3) is 0 Å². The zero-order chi connectivity index (χ0) is 10.5. The third kappa shape index (κ3) is 3.35. The molecule has 2 heteroatoms. The van der Waals surface area contributed by atoms with Gasteiger partial charge >= 0.3 is 0 Å². The number of halogens is 1. The maximum Gasteiger partial charge on any atom is 0.0235 e. The van der Waals surface area contributed by atoms with E-state index in [0.29, 0.717) is 0 Å². The molecule has 0 aromatic heterocycles. The average molecular weight is 230 g/mol. The summed E-state index contributed by atoms with van der Waals surface area (Å²) in [5, 5.41) is 0. The van der Waals surface area contributed by atoms with Crippen LogP contribution in [0, 0.1) is 5.92 Å². The second kappa shape index (κ2) is 6.10. The van der Waals surface area contributed by atoms with Crippen LogP contribution in [0.4, 0.5) is 0 Å². The summed E-state index contributed by atoms with van der Waals surface area (Å²) in [5.41, 5.74) is 0. The highest BCUT2D eigenvalue weighted by atomic mass is 35.5. The summed E-state index contributed by atoms with van der Waals surface area (Å²) < 4.78 is 0. The lowest BCUT2D eigenvalue weighted by molar-refractivity contribution is 0.108. The van der Waals surface area contributed by atoms with Crippen LogP contribution in [0.2, 0.25) is 0 Å². The molecule has 0 bridgehead atoms. The van der Waals surface area contributed by atoms with Gasteiger partial charge in [-0.15, -0.1) is 11.6 Å². The molecule has 2 aliphatic carbocycles. The van der Waals surface area contributed by atoms with E-state index in [2.05, 4.69) is 4.90 Å². The van der Waals surface area contributed by atoms with E-state index < -0.39 is 0 Å². The summed E-state index contributed by atoms with van der Waals surface area (Å²) in [7, 11) is 0. The van der Waals surface area contributed by atoms with Gasteiger partial charge in [-0.05, 0) is 44.6 Å². The van der Waals surface area contributed by atoms with Crippen LogP contribution in [0.15, 0.2) is 0 Å². The van der Waals surface area contributed by atoms with E-state index in [9.17, 15) is 0 Å². The highest BCUT2D eigenvalue weighted by Gasteiger charge is 2.27. The summed E-state index contributed by atoms with van der Waals surface area (Å²) in [6.45, 7) is 2.60. The van der Waals surface area contributed by atoms with Crippen molar-refractivity contribution in [2.45, 2.75) is 57.4 Å². The molecule has 2 fully saturated rings. The van der Waals surface area contributed by atoms with Gasteiger partial charge in [-0.2, -0.15) is 0 Å². The molecule has 0 aliphatic heterocycles. The third-order valence-corrected chi connectivity index (χ3v) is 4.40. The van der Waals surface area contributed by atoms with Gasteiger partial charge in [-0.1, -0.05) is 19.3 Å². The number of alkyl halides is 1. The molecule has 0 amide bonds. The molecular formula is C13H24ClN. The first-order valence-corrected chi connectivity index (χ1v) is 7.23. The topological polar surface area (TPSA) is 3.24 Å². The van der Waals surface area contributed by atoms with Gasteiger partial charge < -0.3 is 4.90 Å². The minimum absolute atomic E-state index is 0.827. The molecule has 0 spiro atoms. The molecule has 2 rings (SSSR count). The number of nitrogens with zero attached hydrogens (tertiary/aromatic N) is 1. The van der Waals surface area contributed by atoms with Crippen LogP contribution in [0.5, 0.6) is 0 Å². The van der Waals surface area contributed by atoms with E-state index >= 15 is 0 Å². The Labute approximate surface area is 99.2 Å². The van der Waals surface area contributed by atoms with E-state index in [1.807, 2.05) is 0 Å². The minimum atomic E-state index is 0.827. The standard InChI is InChI=1S/C13H24ClN/c14-9-4-10-15(13-7-3-8-13)11-12-5-1-2-6-12/h12-13H,1-11H2. The van der Waals surface area contributed by atoms with Crippen molar-refractivity contribution in [2.75, 3.05) is 19.0 Å². The lowest BCUT2D eigenvalue weighted by atomic mass is 9.90. The summed E-state index contributed by atoms with van der Waals surface area (Å²) in [4.78, 5) is 2.74. The quantitative estimate of drug-likeness (QED) is 0.629. The fourth-order valence-corrected chi connectivity index (χ4v) is 3.08. The van der Waals surface area contributed by atoms with Crippen LogP contribution in [-0.2, 0) is 0 Å². The predicted molar refractivity (Wildman–Crippen MR) is 66.5 cm³/mol. The van der Waals surface area contributed by atoms with Crippen molar-refractivity contribution in [3.63, 3.8) is 0 Å². The van der Waals surface area contributed by atoms with Gasteiger partial charge in [0.2, 0.25) is 0 Å². The van der Waals surface area contributed by atoms with Crippen LogP contribution < -0.4 is 0 Å². The molecule has 0 heterocycles. The van der Waals surface area contributed by atoms with E-state index in [-0.39, 0.29) is 0 Å². The number of hydrogen-bond acceptors (Lipinski definition) is 1. The zero-order valence-electron chi connectivity index (χ0n) is 9.76. The molecule has 1 nitrogen and oxygen atoms in total. The maximum atomic E-state index is 5.80. The van der Waals surface area contributed by atoms with Gasteiger partial charge in [0, 0.05) is 18.5 Å². The summed E-state index contributed by atoms with van der Waals surface area (Å²) in [6, 6.07) is 0.911. The van der Waals surface area contributed by atoms with Crippen LogP contribution in [-0.4, -0.2) is 29.9 Å². The van der Waals surface area contributed by atoms with Crippen molar-refractivity contribution in [1.82, 2.24) is 4.90 Å². The molecule has 0 aromatic carbocycles. The highest BCUT2D eigenvalue weighted by Crippen LogP contribution is 2.30. The Balaban J connectivity index is 1.75. The Bertz CT molecular complexity index is 173. The van der Waals surface area contributed by atoms with Gasteiger partial charge in [0.05, 0.1) is 0 Å². The normalized spacial score (nSPS) is 23.6. The molecule has 15 heavy (non-hydrogen) atoms. The number of hydrogen-bond donors (Lipinski definition) is 0. The largest absolute Gasteiger partial charge is 0.300 e. The monoisotopic (exact) mass is 229 g/mol. The van der Waals surface area contributed by atoms with E-state index in [1.165, 1.54) is 64.5 Å². The second-order valence-electron chi connectivity index (χ2n) is 5.27. The third-order valence-electron chi connectivity index (χ3n) is 4.14. The number of rotatable bonds is 6. The first-order valence-electron chi connectivity index (χ1n) is 6.70. The van der Waals surface area contributed by atoms with Crippen LogP contribution in [0.1, 0.15) is 51.4 Å². The molecule has 0 aromatic rings. The lowest BCUT2D eigenvalue weighted by Crippen LogP contribution is -2.43. The van der Waals surface area contributed by atoms with Crippen molar-refractivity contribution in [3.8, 4) is 0 Å². The summed E-state index contributed by atoms with van der Waals surface area (Å²) >= 11 is 5.80. The molecule has 0 radical (unpaired) electrons. The van der Waals surface area contributed by atoms with E-state index in [1.54, 1.807) is 0 Å². The first-order chi connectivity index (χ1) is 7.40. The van der Waals surface area contributed by atoms with Gasteiger partial charge in [0.1, 0.15) is 0 Å². The Kier molecular flexibility index (Phi) is 4.77. The fraction of sp³-hybridized carbons (Fsp3) is 1.00. The summed E-state index contributed by atoms with van der Waals surface area (Å²) in [5.74, 6) is 1.83. The lowest BCUT2D eigenvalue weighted by Gasteiger charge is -2.39. The molecule has 0 N–H and O–H groups in total. The Morgan fingerprint density at radius 2 is 1.73 bits per heavy atom. The van der Waals surface area contributed by atoms with Crippen LogP contribution >= 0.6 is 11.6 Å². The summed E-state index contributed by atoms with van der Waals surface area (Å²) in [6.07, 6.45) is 11.4. The predicted octanol–water partition coefficient (Wildman–Crippen LogP) is 3.66. The van der Waals surface area contributed by atoms with E-state index in [0.717, 1.165) is 17.8 Å². The van der Waals surface area contributed by atoms with E-state index in [4.69, 9.17) is 11.6 Å². The SMILES string of the molecule is ClCCCN(CC1CCCC1)C1CCC1. The molecule has 0 atom stereocenters. The molecule has 0 unspecified atom stereocenters. The fourth-order valence-electron chi connectivity index (χ4n) is 2.96. The second-order valence-corrected chi connectivity index (χ2v) is 5.65. The van der Waals surface area contributed by atoms with Crippen molar-refractivity contribution >= 4 is 11.6 Å². The molecule has 2 aliphatic rings. The molecule has 2 saturated carbocycles. The van der Waals surface area contributed by atoms with Gasteiger partial charge in [-0.25, -0.2) is 0 Å². The molecule has 88 valence electrons. The van der Waals surface area contributed by atoms with Crippen molar-refractivity contribution in [3.05, 3.63) is 0 Å². The first kappa shape index (κ1) is 11.7.